The van der Waals surface area contributed by atoms with Crippen LogP contribution in [-0.2, 0) is 4.79 Å². The smallest absolute Gasteiger partial charge is 0.313 e. The molecule has 1 aromatic heterocycles. The van der Waals surface area contributed by atoms with Gasteiger partial charge in [0.05, 0.1) is 11.9 Å². The molecule has 1 heterocycles. The van der Waals surface area contributed by atoms with Crippen molar-refractivity contribution in [3.8, 4) is 5.69 Å². The van der Waals surface area contributed by atoms with Crippen LogP contribution in [0.15, 0.2) is 29.6 Å². The van der Waals surface area contributed by atoms with Gasteiger partial charge in [-0.1, -0.05) is 25.6 Å². The molecule has 1 N–H and O–H groups in total. The lowest BCUT2D eigenvalue weighted by atomic mass is 10.1. The van der Waals surface area contributed by atoms with Crippen molar-refractivity contribution in [3.63, 3.8) is 0 Å². The van der Waals surface area contributed by atoms with Crippen LogP contribution in [0.5, 0.6) is 0 Å². The second-order valence-corrected chi connectivity index (χ2v) is 6.01. The van der Waals surface area contributed by atoms with Crippen LogP contribution in [0.1, 0.15) is 31.0 Å². The first-order chi connectivity index (χ1) is 9.90. The molecule has 0 bridgehead atoms. The van der Waals surface area contributed by atoms with Crippen molar-refractivity contribution in [2.45, 2.75) is 31.8 Å². The highest BCUT2D eigenvalue weighted by Crippen LogP contribution is 2.28. The van der Waals surface area contributed by atoms with Crippen LogP contribution in [-0.4, -0.2) is 26.4 Å². The minimum Gasteiger partial charge on any atom is -0.481 e. The number of aliphatic carboxylic acids is 1. The molecule has 0 unspecified atom stereocenters. The Morgan fingerprint density at radius 3 is 2.76 bits per heavy atom. The first-order valence-corrected chi connectivity index (χ1v) is 7.57. The highest BCUT2D eigenvalue weighted by atomic mass is 32.2. The van der Waals surface area contributed by atoms with Crippen molar-refractivity contribution in [3.05, 3.63) is 41.5 Å². The number of carbonyl (C=O) groups is 1. The molecular weight excluding hydrogens is 291 g/mol. The van der Waals surface area contributed by atoms with Gasteiger partial charge >= 0.3 is 5.97 Å². The van der Waals surface area contributed by atoms with Crippen LogP contribution in [0.25, 0.3) is 5.69 Å². The van der Waals surface area contributed by atoms with Gasteiger partial charge in [-0.25, -0.2) is 9.37 Å². The van der Waals surface area contributed by atoms with Gasteiger partial charge in [-0.15, -0.1) is 0 Å². The topological polar surface area (TPSA) is 55.1 Å². The number of imidazole rings is 1. The summed E-state index contributed by atoms with van der Waals surface area (Å²) in [5, 5.41) is 9.43. The molecule has 0 spiro atoms. The Balaban J connectivity index is 2.49. The summed E-state index contributed by atoms with van der Waals surface area (Å²) in [6.45, 7) is 5.78. The summed E-state index contributed by atoms with van der Waals surface area (Å²) in [5.41, 5.74) is 2.31. The lowest BCUT2D eigenvalue weighted by molar-refractivity contribution is -0.133. The second-order valence-electron chi connectivity index (χ2n) is 5.07. The number of carboxylic acids is 1. The monoisotopic (exact) mass is 308 g/mol. The van der Waals surface area contributed by atoms with Crippen molar-refractivity contribution >= 4 is 17.7 Å². The summed E-state index contributed by atoms with van der Waals surface area (Å²) < 4.78 is 15.3. The van der Waals surface area contributed by atoms with E-state index < -0.39 is 5.97 Å². The van der Waals surface area contributed by atoms with Gasteiger partial charge in [-0.3, -0.25) is 9.36 Å². The van der Waals surface area contributed by atoms with E-state index in [1.807, 2.05) is 18.4 Å². The minimum absolute atomic E-state index is 0.0608. The SMILES string of the molecule is Cc1cc(-n2c(C(C)C)cnc2SCC(=O)O)ccc1F. The van der Waals surface area contributed by atoms with E-state index in [-0.39, 0.29) is 17.5 Å². The van der Waals surface area contributed by atoms with E-state index >= 15 is 0 Å². The molecular formula is C15H17FN2O2S. The first-order valence-electron chi connectivity index (χ1n) is 6.59. The van der Waals surface area contributed by atoms with Gasteiger partial charge in [0.25, 0.3) is 0 Å². The van der Waals surface area contributed by atoms with E-state index in [0.717, 1.165) is 23.1 Å². The fourth-order valence-electron chi connectivity index (χ4n) is 2.01. The van der Waals surface area contributed by atoms with E-state index in [0.29, 0.717) is 10.7 Å². The van der Waals surface area contributed by atoms with Gasteiger partial charge in [-0.2, -0.15) is 0 Å². The van der Waals surface area contributed by atoms with Crippen LogP contribution in [0.2, 0.25) is 0 Å². The van der Waals surface area contributed by atoms with Gasteiger partial charge in [0.2, 0.25) is 0 Å². The summed E-state index contributed by atoms with van der Waals surface area (Å²) in [7, 11) is 0. The molecule has 0 atom stereocenters. The predicted octanol–water partition coefficient (Wildman–Crippen LogP) is 3.62. The van der Waals surface area contributed by atoms with Gasteiger partial charge in [0.1, 0.15) is 5.82 Å². The van der Waals surface area contributed by atoms with Crippen molar-refractivity contribution in [1.29, 1.82) is 0 Å². The van der Waals surface area contributed by atoms with E-state index in [1.165, 1.54) is 6.07 Å². The number of carboxylic acid groups (broad SMARTS) is 1. The fraction of sp³-hybridized carbons (Fsp3) is 0.333. The lowest BCUT2D eigenvalue weighted by Crippen LogP contribution is -2.06. The summed E-state index contributed by atoms with van der Waals surface area (Å²) in [6, 6.07) is 4.84. The Bertz CT molecular complexity index is 668. The van der Waals surface area contributed by atoms with Crippen molar-refractivity contribution in [2.75, 3.05) is 5.75 Å². The lowest BCUT2D eigenvalue weighted by Gasteiger charge is -2.14. The average Bonchev–Trinajstić information content (AvgIpc) is 2.83. The zero-order valence-electron chi connectivity index (χ0n) is 12.1. The van der Waals surface area contributed by atoms with Crippen LogP contribution in [0.4, 0.5) is 4.39 Å². The number of thioether (sulfide) groups is 1. The van der Waals surface area contributed by atoms with Crippen molar-refractivity contribution in [1.82, 2.24) is 9.55 Å². The molecule has 0 radical (unpaired) electrons. The summed E-state index contributed by atoms with van der Waals surface area (Å²) in [5.74, 6) is -0.989. The molecule has 2 rings (SSSR count). The van der Waals surface area contributed by atoms with Gasteiger partial charge < -0.3 is 5.11 Å². The Morgan fingerprint density at radius 2 is 2.19 bits per heavy atom. The van der Waals surface area contributed by atoms with E-state index in [2.05, 4.69) is 4.98 Å². The maximum Gasteiger partial charge on any atom is 0.313 e. The Hall–Kier alpha value is -1.82. The van der Waals surface area contributed by atoms with Gasteiger partial charge in [0.15, 0.2) is 5.16 Å². The number of halogens is 1. The van der Waals surface area contributed by atoms with Crippen LogP contribution >= 0.6 is 11.8 Å². The number of hydrogen-bond donors (Lipinski definition) is 1. The second kappa shape index (κ2) is 6.30. The maximum absolute atomic E-state index is 13.4. The molecule has 0 saturated carbocycles. The number of aryl methyl sites for hydroxylation is 1. The number of hydrogen-bond acceptors (Lipinski definition) is 3. The molecule has 0 aliphatic rings. The zero-order valence-corrected chi connectivity index (χ0v) is 12.9. The molecule has 0 aliphatic carbocycles. The van der Waals surface area contributed by atoms with Crippen LogP contribution in [0.3, 0.4) is 0 Å². The minimum atomic E-state index is -0.893. The number of rotatable bonds is 5. The Labute approximate surface area is 127 Å². The van der Waals surface area contributed by atoms with Gasteiger partial charge in [0, 0.05) is 11.4 Å². The summed E-state index contributed by atoms with van der Waals surface area (Å²) in [6.07, 6.45) is 1.74. The molecule has 0 aliphatic heterocycles. The van der Waals surface area contributed by atoms with Gasteiger partial charge in [-0.05, 0) is 36.6 Å². The quantitative estimate of drug-likeness (QED) is 0.857. The molecule has 0 fully saturated rings. The molecule has 6 heteroatoms. The molecule has 112 valence electrons. The maximum atomic E-state index is 13.4. The van der Waals surface area contributed by atoms with E-state index in [9.17, 15) is 9.18 Å². The normalized spacial score (nSPS) is 11.1. The summed E-state index contributed by atoms with van der Waals surface area (Å²) >= 11 is 1.16. The van der Waals surface area contributed by atoms with E-state index in [4.69, 9.17) is 5.11 Å². The highest BCUT2D eigenvalue weighted by Gasteiger charge is 2.16. The molecule has 1 aromatic carbocycles. The molecule has 4 nitrogen and oxygen atoms in total. The van der Waals surface area contributed by atoms with E-state index in [1.54, 1.807) is 25.3 Å². The summed E-state index contributed by atoms with van der Waals surface area (Å²) in [4.78, 5) is 15.1. The third-order valence-electron chi connectivity index (χ3n) is 3.07. The molecule has 0 amide bonds. The standard InChI is InChI=1S/C15H17FN2O2S/c1-9(2)13-7-17-15(21-8-14(19)20)18(13)11-4-5-12(16)10(3)6-11/h4-7,9H,8H2,1-3H3,(H,19,20). The fourth-order valence-corrected chi connectivity index (χ4v) is 2.73. The molecule has 21 heavy (non-hydrogen) atoms. The number of benzene rings is 1. The number of aromatic nitrogens is 2. The third kappa shape index (κ3) is 3.44. The molecule has 2 aromatic rings. The van der Waals surface area contributed by atoms with Crippen molar-refractivity contribution in [2.24, 2.45) is 0 Å². The number of nitrogens with zero attached hydrogens (tertiary/aromatic N) is 2. The average molecular weight is 308 g/mol. The van der Waals surface area contributed by atoms with Crippen LogP contribution < -0.4 is 0 Å². The first kappa shape index (κ1) is 15.6. The van der Waals surface area contributed by atoms with Crippen LogP contribution in [0, 0.1) is 12.7 Å². The van der Waals surface area contributed by atoms with Crippen molar-refractivity contribution < 1.29 is 14.3 Å². The largest absolute Gasteiger partial charge is 0.481 e. The Kier molecular flexibility index (Phi) is 4.67. The zero-order chi connectivity index (χ0) is 15.6. The third-order valence-corrected chi connectivity index (χ3v) is 4.01. The molecule has 0 saturated heterocycles. The predicted molar refractivity (Wildman–Crippen MR) is 80.7 cm³/mol. The highest BCUT2D eigenvalue weighted by molar-refractivity contribution is 7.99. The Morgan fingerprint density at radius 1 is 1.48 bits per heavy atom.